The maximum absolute atomic E-state index is 13.7. The van der Waals surface area contributed by atoms with Gasteiger partial charge in [0, 0.05) is 19.0 Å². The number of benzene rings is 2. The molecule has 0 bridgehead atoms. The fourth-order valence-electron chi connectivity index (χ4n) is 2.80. The molecule has 0 unspecified atom stereocenters. The van der Waals surface area contributed by atoms with Crippen molar-refractivity contribution in [2.24, 2.45) is 0 Å². The largest absolute Gasteiger partial charge is 0.301 e. The monoisotopic (exact) mass is 275 g/mol. The molecule has 3 heteroatoms. The van der Waals surface area contributed by atoms with Gasteiger partial charge in [0.05, 0.1) is 5.02 Å². The summed E-state index contributed by atoms with van der Waals surface area (Å²) in [5.74, 6) is -0.133. The lowest BCUT2D eigenvalue weighted by molar-refractivity contribution is 0.295. The van der Waals surface area contributed by atoms with E-state index in [1.807, 2.05) is 12.1 Å². The molecule has 1 nitrogen and oxygen atoms in total. The number of nitrogens with zero attached hydrogens (tertiary/aromatic N) is 1. The second-order valence-corrected chi connectivity index (χ2v) is 5.53. The Bertz CT molecular complexity index is 611. The van der Waals surface area contributed by atoms with Gasteiger partial charge in [-0.05, 0) is 35.9 Å². The van der Waals surface area contributed by atoms with Crippen molar-refractivity contribution in [1.29, 1.82) is 0 Å². The van der Waals surface area contributed by atoms with Gasteiger partial charge in [-0.3, -0.25) is 0 Å². The van der Waals surface area contributed by atoms with Crippen LogP contribution in [0.1, 0.15) is 22.6 Å². The summed E-state index contributed by atoms with van der Waals surface area (Å²) in [4.78, 5) is 2.26. The van der Waals surface area contributed by atoms with Crippen LogP contribution in [0.5, 0.6) is 0 Å². The SMILES string of the molecule is CN1Cc2ccccc2[C@H](c2ccc(Cl)c(F)c2)C1. The van der Waals surface area contributed by atoms with E-state index in [9.17, 15) is 4.39 Å². The zero-order chi connectivity index (χ0) is 13.4. The van der Waals surface area contributed by atoms with Gasteiger partial charge in [-0.2, -0.15) is 0 Å². The molecule has 0 spiro atoms. The van der Waals surface area contributed by atoms with Crippen LogP contribution in [0, 0.1) is 5.82 Å². The number of rotatable bonds is 1. The molecule has 2 aromatic rings. The molecule has 1 atom stereocenters. The van der Waals surface area contributed by atoms with E-state index in [1.54, 1.807) is 12.1 Å². The van der Waals surface area contributed by atoms with E-state index in [4.69, 9.17) is 11.6 Å². The van der Waals surface area contributed by atoms with E-state index >= 15 is 0 Å². The van der Waals surface area contributed by atoms with Crippen molar-refractivity contribution in [3.05, 3.63) is 70.0 Å². The number of likely N-dealkylation sites (N-methyl/N-ethyl adjacent to an activating group) is 1. The summed E-state index contributed by atoms with van der Waals surface area (Å²) >= 11 is 5.76. The minimum absolute atomic E-state index is 0.182. The lowest BCUT2D eigenvalue weighted by Gasteiger charge is -2.32. The van der Waals surface area contributed by atoms with E-state index < -0.39 is 0 Å². The van der Waals surface area contributed by atoms with Crippen molar-refractivity contribution < 1.29 is 4.39 Å². The van der Waals surface area contributed by atoms with Crippen LogP contribution >= 0.6 is 11.6 Å². The molecule has 1 aliphatic rings. The zero-order valence-corrected chi connectivity index (χ0v) is 11.5. The Labute approximate surface area is 117 Å². The third-order valence-corrected chi connectivity index (χ3v) is 4.02. The van der Waals surface area contributed by atoms with E-state index in [0.717, 1.165) is 18.7 Å². The van der Waals surface area contributed by atoms with Crippen molar-refractivity contribution in [3.63, 3.8) is 0 Å². The van der Waals surface area contributed by atoms with Crippen LogP contribution in [0.4, 0.5) is 4.39 Å². The number of hydrogen-bond acceptors (Lipinski definition) is 1. The van der Waals surface area contributed by atoms with Gasteiger partial charge in [-0.1, -0.05) is 41.9 Å². The van der Waals surface area contributed by atoms with Crippen LogP contribution in [0.15, 0.2) is 42.5 Å². The molecule has 0 fully saturated rings. The summed E-state index contributed by atoms with van der Waals surface area (Å²) in [5.41, 5.74) is 3.60. The summed E-state index contributed by atoms with van der Waals surface area (Å²) in [6.45, 7) is 1.85. The molecule has 0 aromatic heterocycles. The quantitative estimate of drug-likeness (QED) is 0.759. The van der Waals surface area contributed by atoms with Crippen LogP contribution in [0.25, 0.3) is 0 Å². The second kappa shape index (κ2) is 4.95. The van der Waals surface area contributed by atoms with Gasteiger partial charge in [-0.25, -0.2) is 4.39 Å². The predicted octanol–water partition coefficient (Wildman–Crippen LogP) is 4.06. The molecule has 3 rings (SSSR count). The highest BCUT2D eigenvalue weighted by Crippen LogP contribution is 2.33. The smallest absolute Gasteiger partial charge is 0.142 e. The summed E-state index contributed by atoms with van der Waals surface area (Å²) < 4.78 is 13.7. The van der Waals surface area contributed by atoms with Crippen LogP contribution in [-0.4, -0.2) is 18.5 Å². The Balaban J connectivity index is 2.07. The maximum atomic E-state index is 13.7. The van der Waals surface area contributed by atoms with Crippen LogP contribution in [0.3, 0.4) is 0 Å². The molecule has 0 amide bonds. The summed E-state index contributed by atoms with van der Waals surface area (Å²) in [5, 5.41) is 0.182. The van der Waals surface area contributed by atoms with Crippen molar-refractivity contribution in [1.82, 2.24) is 4.90 Å². The summed E-state index contributed by atoms with van der Waals surface area (Å²) in [6, 6.07) is 13.5. The molecule has 2 aromatic carbocycles. The highest BCUT2D eigenvalue weighted by atomic mass is 35.5. The normalized spacial score (nSPS) is 19.2. The fraction of sp³-hybridized carbons (Fsp3) is 0.250. The molecule has 98 valence electrons. The van der Waals surface area contributed by atoms with E-state index in [0.29, 0.717) is 0 Å². The number of hydrogen-bond donors (Lipinski definition) is 0. The van der Waals surface area contributed by atoms with E-state index in [-0.39, 0.29) is 16.8 Å². The number of fused-ring (bicyclic) bond motifs is 1. The van der Waals surface area contributed by atoms with Gasteiger partial charge in [-0.15, -0.1) is 0 Å². The number of halogens is 2. The average molecular weight is 276 g/mol. The van der Waals surface area contributed by atoms with E-state index in [1.165, 1.54) is 11.1 Å². The Morgan fingerprint density at radius 2 is 2.00 bits per heavy atom. The minimum Gasteiger partial charge on any atom is -0.301 e. The summed E-state index contributed by atoms with van der Waals surface area (Å²) in [7, 11) is 2.09. The maximum Gasteiger partial charge on any atom is 0.142 e. The Kier molecular flexibility index (Phi) is 3.29. The second-order valence-electron chi connectivity index (χ2n) is 5.12. The molecule has 0 saturated heterocycles. The third-order valence-electron chi connectivity index (χ3n) is 3.71. The lowest BCUT2D eigenvalue weighted by atomic mass is 9.85. The van der Waals surface area contributed by atoms with E-state index in [2.05, 4.69) is 30.1 Å². The van der Waals surface area contributed by atoms with Crippen LogP contribution in [-0.2, 0) is 6.54 Å². The standard InChI is InChI=1S/C16H15ClFN/c1-19-9-12-4-2-3-5-13(12)14(10-19)11-6-7-15(17)16(18)8-11/h2-8,14H,9-10H2,1H3/t14-/m0/s1. The molecule has 0 aliphatic carbocycles. The molecule has 0 N–H and O–H groups in total. The Morgan fingerprint density at radius 1 is 1.21 bits per heavy atom. The van der Waals surface area contributed by atoms with Gasteiger partial charge in [0.2, 0.25) is 0 Å². The molecule has 0 saturated carbocycles. The average Bonchev–Trinajstić information content (AvgIpc) is 2.41. The first-order valence-corrected chi connectivity index (χ1v) is 6.74. The van der Waals surface area contributed by atoms with Crippen molar-refractivity contribution in [2.45, 2.75) is 12.5 Å². The third kappa shape index (κ3) is 2.38. The summed E-state index contributed by atoms with van der Waals surface area (Å²) in [6.07, 6.45) is 0. The van der Waals surface area contributed by atoms with Crippen molar-refractivity contribution >= 4 is 11.6 Å². The van der Waals surface area contributed by atoms with Gasteiger partial charge in [0.15, 0.2) is 0 Å². The first kappa shape index (κ1) is 12.6. The topological polar surface area (TPSA) is 3.24 Å². The molecule has 0 radical (unpaired) electrons. The van der Waals surface area contributed by atoms with Gasteiger partial charge in [0.1, 0.15) is 5.82 Å². The molecular weight excluding hydrogens is 261 g/mol. The Hall–Kier alpha value is -1.38. The Morgan fingerprint density at radius 3 is 2.79 bits per heavy atom. The lowest BCUT2D eigenvalue weighted by Crippen LogP contribution is -2.30. The van der Waals surface area contributed by atoms with Crippen LogP contribution < -0.4 is 0 Å². The first-order chi connectivity index (χ1) is 9.15. The highest BCUT2D eigenvalue weighted by molar-refractivity contribution is 6.30. The fourth-order valence-corrected chi connectivity index (χ4v) is 2.92. The van der Waals surface area contributed by atoms with Gasteiger partial charge < -0.3 is 4.90 Å². The molecule has 1 heterocycles. The zero-order valence-electron chi connectivity index (χ0n) is 10.7. The first-order valence-electron chi connectivity index (χ1n) is 6.36. The van der Waals surface area contributed by atoms with Gasteiger partial charge >= 0.3 is 0 Å². The van der Waals surface area contributed by atoms with Crippen molar-refractivity contribution in [2.75, 3.05) is 13.6 Å². The predicted molar refractivity (Wildman–Crippen MR) is 76.0 cm³/mol. The van der Waals surface area contributed by atoms with Crippen molar-refractivity contribution in [3.8, 4) is 0 Å². The molecule has 1 aliphatic heterocycles. The minimum atomic E-state index is -0.343. The molecular formula is C16H15ClFN. The highest BCUT2D eigenvalue weighted by Gasteiger charge is 2.24. The van der Waals surface area contributed by atoms with Crippen LogP contribution in [0.2, 0.25) is 5.02 Å². The van der Waals surface area contributed by atoms with Gasteiger partial charge in [0.25, 0.3) is 0 Å². The molecule has 19 heavy (non-hydrogen) atoms.